The van der Waals surface area contributed by atoms with Gasteiger partial charge in [0.05, 0.1) is 18.1 Å². The van der Waals surface area contributed by atoms with Crippen LogP contribution in [0.25, 0.3) is 32.9 Å². The Hall–Kier alpha value is -8.78. The summed E-state index contributed by atoms with van der Waals surface area (Å²) in [6, 6.07) is 70.7. The van der Waals surface area contributed by atoms with E-state index in [1.54, 1.807) is 30.6 Å². The van der Waals surface area contributed by atoms with Gasteiger partial charge in [-0.15, -0.1) is 0 Å². The number of fused-ring (bicyclic) bond motifs is 2. The summed E-state index contributed by atoms with van der Waals surface area (Å²) in [5, 5.41) is 12.5. The number of methoxy groups -OCH3 is 1. The minimum absolute atomic E-state index is 0.258. The number of hydrogen-bond donors (Lipinski definition) is 3. The first-order valence-corrected chi connectivity index (χ1v) is 28.2. The molecule has 0 aliphatic heterocycles. The van der Waals surface area contributed by atoms with Crippen LogP contribution < -0.4 is 25.6 Å². The van der Waals surface area contributed by atoms with E-state index in [9.17, 15) is 4.39 Å². The zero-order valence-electron chi connectivity index (χ0n) is 44.5. The van der Waals surface area contributed by atoms with Gasteiger partial charge in [0.15, 0.2) is 0 Å². The lowest BCUT2D eigenvalue weighted by atomic mass is 10.0. The van der Waals surface area contributed by atoms with E-state index in [1.807, 2.05) is 133 Å². The van der Waals surface area contributed by atoms with Crippen LogP contribution in [-0.2, 0) is 33.0 Å². The topological polar surface area (TPSA) is 100 Å². The Labute approximate surface area is 474 Å². The fourth-order valence-electron chi connectivity index (χ4n) is 9.62. The highest BCUT2D eigenvalue weighted by Gasteiger charge is 2.20. The summed E-state index contributed by atoms with van der Waals surface area (Å²) in [6.45, 7) is 4.65. The van der Waals surface area contributed by atoms with Crippen LogP contribution in [-0.4, -0.2) is 27.0 Å². The molecule has 3 N–H and O–H groups in total. The molecule has 398 valence electrons. The molecule has 0 aliphatic rings. The van der Waals surface area contributed by atoms with Gasteiger partial charge in [-0.3, -0.25) is 0 Å². The average molecular weight is 1090 g/mol. The predicted octanol–water partition coefficient (Wildman–Crippen LogP) is 17.9. The van der Waals surface area contributed by atoms with Crippen molar-refractivity contribution in [2.24, 2.45) is 0 Å². The molecule has 0 saturated carbocycles. The molecule has 0 unspecified atom stereocenters. The van der Waals surface area contributed by atoms with Gasteiger partial charge in [0.25, 0.3) is 0 Å². The number of benzene rings is 9. The Bertz CT molecular complexity index is 3940. The number of para-hydroxylation sites is 2. The molecule has 11 aromatic rings. The minimum Gasteiger partial charge on any atom is -0.497 e. The van der Waals surface area contributed by atoms with Crippen molar-refractivity contribution < 1.29 is 13.5 Å². The lowest BCUT2D eigenvalue weighted by Crippen LogP contribution is -2.19. The van der Waals surface area contributed by atoms with Gasteiger partial charge in [0, 0.05) is 61.4 Å². The highest BCUT2D eigenvalue weighted by atomic mass is 32.2. The van der Waals surface area contributed by atoms with E-state index < -0.39 is 13.3 Å². The van der Waals surface area contributed by atoms with Gasteiger partial charge in [-0.1, -0.05) is 171 Å². The maximum atomic E-state index is 15.0. The molecule has 0 radical (unpaired) electrons. The second kappa shape index (κ2) is 24.9. The molecule has 0 fully saturated rings. The zero-order chi connectivity index (χ0) is 54.8. The fraction of sp³-hybridized carbons (Fsp3) is 0.134. The molecule has 0 amide bonds. The van der Waals surface area contributed by atoms with E-state index in [0.29, 0.717) is 48.5 Å². The molecule has 11 rings (SSSR count). The smallest absolute Gasteiger partial charge is 0.225 e. The molecule has 2 aromatic heterocycles. The molecule has 9 aromatic carbocycles. The van der Waals surface area contributed by atoms with E-state index in [2.05, 4.69) is 114 Å². The molecule has 9 nitrogen and oxygen atoms in total. The Morgan fingerprint density at radius 2 is 1.05 bits per heavy atom. The maximum absolute atomic E-state index is 15.0. The normalized spacial score (nSPS) is 11.3. The monoisotopic (exact) mass is 1090 g/mol. The van der Waals surface area contributed by atoms with Crippen LogP contribution in [0.5, 0.6) is 5.75 Å². The molecule has 0 spiro atoms. The summed E-state index contributed by atoms with van der Waals surface area (Å²) in [6.07, 6.45) is 0. The van der Waals surface area contributed by atoms with Gasteiger partial charge in [0.1, 0.15) is 30.7 Å². The average Bonchev–Trinajstić information content (AvgIpc) is 3.52. The summed E-state index contributed by atoms with van der Waals surface area (Å²) < 4.78 is 34.5. The molecule has 0 atom stereocenters. The number of halogens is 2. The van der Waals surface area contributed by atoms with E-state index in [4.69, 9.17) is 24.7 Å². The van der Waals surface area contributed by atoms with Gasteiger partial charge in [-0.05, 0) is 129 Å². The van der Waals surface area contributed by atoms with Gasteiger partial charge < -0.3 is 25.6 Å². The number of alkyl halides is 2. The predicted molar refractivity (Wildman–Crippen MR) is 325 cm³/mol. The molecule has 80 heavy (non-hydrogen) atoms. The van der Waals surface area contributed by atoms with Crippen LogP contribution >= 0.6 is 23.5 Å². The summed E-state index contributed by atoms with van der Waals surface area (Å²) >= 11 is 3.09. The molecular formula is C67H58F2N8OS2. The van der Waals surface area contributed by atoms with E-state index in [1.165, 1.54) is 0 Å². The third-order valence-electron chi connectivity index (χ3n) is 13.9. The van der Waals surface area contributed by atoms with Gasteiger partial charge in [-0.25, -0.2) is 18.7 Å². The standard InChI is InChI=1S/C67H58F2N8OS2/c1-44(2)54-22-10-12-24-57(54)72-64-56-37-46(31-36-59(56)74-66(75-64)70-41-50-20-8-15-27-61(50)79-60-26-14-7-19-48(60)39-68)47-29-30-49(40-69)63(38-47)80-62-28-16-9-21-51(62)42-71-67-73-58-25-13-11-23-55(58)65(76-67)77(43-45-17-5-4-6-18-45)52-32-34-53(78-3)35-33-52/h4-38,44H,39-43H2,1-3H3,(H,71,73,76)(H2,70,72,74,75). The van der Waals surface area contributed by atoms with Crippen molar-refractivity contribution in [3.8, 4) is 16.9 Å². The molecular weight excluding hydrogens is 1030 g/mol. The number of nitrogens with one attached hydrogen (secondary N) is 3. The van der Waals surface area contributed by atoms with E-state index in [-0.39, 0.29) is 5.92 Å². The summed E-state index contributed by atoms with van der Waals surface area (Å²) in [7, 11) is 1.67. The van der Waals surface area contributed by atoms with Crippen molar-refractivity contribution in [2.75, 3.05) is 28.0 Å². The highest BCUT2D eigenvalue weighted by Crippen LogP contribution is 2.40. The Morgan fingerprint density at radius 3 is 1.74 bits per heavy atom. The van der Waals surface area contributed by atoms with Crippen molar-refractivity contribution in [2.45, 2.75) is 72.3 Å². The second-order valence-corrected chi connectivity index (χ2v) is 21.6. The van der Waals surface area contributed by atoms with Crippen molar-refractivity contribution in [1.29, 1.82) is 0 Å². The summed E-state index contributed by atoms with van der Waals surface area (Å²) in [5.74, 6) is 3.40. The number of ether oxygens (including phenoxy) is 1. The minimum atomic E-state index is -0.622. The van der Waals surface area contributed by atoms with Crippen LogP contribution in [0.2, 0.25) is 0 Å². The van der Waals surface area contributed by atoms with Crippen molar-refractivity contribution in [1.82, 2.24) is 19.9 Å². The number of hydrogen-bond acceptors (Lipinski definition) is 11. The van der Waals surface area contributed by atoms with Crippen molar-refractivity contribution in [3.63, 3.8) is 0 Å². The number of anilines is 6. The molecule has 0 bridgehead atoms. The SMILES string of the molecule is COc1ccc(N(Cc2ccccc2)c2nc(NCc3ccccc3Sc3cc(-c4ccc5nc(NCc6ccccc6Sc6ccccc6CF)nc(Nc6ccccc6C(C)C)c5c4)ccc3CF)nc3ccccc23)cc1. The van der Waals surface area contributed by atoms with Crippen LogP contribution in [0.15, 0.2) is 232 Å². The third-order valence-corrected chi connectivity index (χ3v) is 16.3. The van der Waals surface area contributed by atoms with Crippen LogP contribution in [0, 0.1) is 0 Å². The van der Waals surface area contributed by atoms with Gasteiger partial charge in [-0.2, -0.15) is 9.97 Å². The quantitative estimate of drug-likeness (QED) is 0.0641. The summed E-state index contributed by atoms with van der Waals surface area (Å²) in [4.78, 5) is 26.3. The molecule has 2 heterocycles. The van der Waals surface area contributed by atoms with Gasteiger partial charge in [0.2, 0.25) is 11.9 Å². The van der Waals surface area contributed by atoms with Crippen LogP contribution in [0.3, 0.4) is 0 Å². The highest BCUT2D eigenvalue weighted by molar-refractivity contribution is 7.99. The first-order valence-electron chi connectivity index (χ1n) is 26.5. The zero-order valence-corrected chi connectivity index (χ0v) is 46.2. The van der Waals surface area contributed by atoms with Gasteiger partial charge >= 0.3 is 0 Å². The largest absolute Gasteiger partial charge is 0.497 e. The molecule has 0 saturated heterocycles. The second-order valence-electron chi connectivity index (χ2n) is 19.5. The van der Waals surface area contributed by atoms with Crippen molar-refractivity contribution in [3.05, 3.63) is 246 Å². The maximum Gasteiger partial charge on any atom is 0.225 e. The molecule has 0 aliphatic carbocycles. The number of aromatic nitrogens is 4. The number of rotatable bonds is 21. The first-order chi connectivity index (χ1) is 39.3. The third kappa shape index (κ3) is 12.2. The van der Waals surface area contributed by atoms with Crippen LogP contribution in [0.1, 0.15) is 53.1 Å². The first kappa shape index (κ1) is 53.2. The Kier molecular flexibility index (Phi) is 16.6. The number of nitrogens with zero attached hydrogens (tertiary/aromatic N) is 5. The van der Waals surface area contributed by atoms with Crippen LogP contribution in [0.4, 0.5) is 43.7 Å². The summed E-state index contributed by atoms with van der Waals surface area (Å²) in [5.41, 5.74) is 10.9. The lowest BCUT2D eigenvalue weighted by molar-refractivity contribution is 0.415. The molecule has 13 heteroatoms. The fourth-order valence-corrected chi connectivity index (χ4v) is 11.8. The Balaban J connectivity index is 0.884. The van der Waals surface area contributed by atoms with E-state index in [0.717, 1.165) is 97.7 Å². The lowest BCUT2D eigenvalue weighted by Gasteiger charge is -2.26. The Morgan fingerprint density at radius 1 is 0.500 bits per heavy atom. The van der Waals surface area contributed by atoms with E-state index >= 15 is 4.39 Å². The van der Waals surface area contributed by atoms with Crippen molar-refractivity contribution >= 4 is 80.2 Å².